The normalized spacial score (nSPS) is 11.2. The van der Waals surface area contributed by atoms with Crippen LogP contribution >= 0.6 is 0 Å². The molecule has 0 fully saturated rings. The van der Waals surface area contributed by atoms with Gasteiger partial charge in [-0.25, -0.2) is 0 Å². The first kappa shape index (κ1) is 12.8. The van der Waals surface area contributed by atoms with E-state index in [9.17, 15) is 9.59 Å². The maximum absolute atomic E-state index is 11.2. The average molecular weight is 231 g/mol. The molecule has 0 aliphatic rings. The van der Waals surface area contributed by atoms with Gasteiger partial charge in [0.1, 0.15) is 0 Å². The van der Waals surface area contributed by atoms with Gasteiger partial charge < -0.3 is 10.4 Å². The number of terminal acetylenes is 1. The van der Waals surface area contributed by atoms with Crippen LogP contribution in [0.4, 0.5) is 0 Å². The molecule has 1 amide bonds. The fourth-order valence-electron chi connectivity index (χ4n) is 1.40. The average Bonchev–Trinajstić information content (AvgIpc) is 2.30. The lowest BCUT2D eigenvalue weighted by Crippen LogP contribution is -2.31. The summed E-state index contributed by atoms with van der Waals surface area (Å²) in [5.74, 6) is 0.136. The molecule has 1 aromatic rings. The van der Waals surface area contributed by atoms with E-state index in [0.29, 0.717) is 5.56 Å². The van der Waals surface area contributed by atoms with Crippen molar-refractivity contribution < 1.29 is 14.7 Å². The number of amides is 1. The van der Waals surface area contributed by atoms with Crippen molar-refractivity contribution in [3.05, 3.63) is 35.9 Å². The molecule has 0 spiro atoms. The van der Waals surface area contributed by atoms with Crippen LogP contribution < -0.4 is 5.32 Å². The number of carbonyl (C=O) groups excluding carboxylic acids is 1. The van der Waals surface area contributed by atoms with Crippen molar-refractivity contribution in [3.8, 4) is 12.3 Å². The number of hydrogen-bond donors (Lipinski definition) is 2. The van der Waals surface area contributed by atoms with Crippen LogP contribution in [0.15, 0.2) is 30.3 Å². The lowest BCUT2D eigenvalue weighted by atomic mass is 9.99. The van der Waals surface area contributed by atoms with Crippen LogP contribution in [0.2, 0.25) is 0 Å². The van der Waals surface area contributed by atoms with Gasteiger partial charge in [0, 0.05) is 6.54 Å². The summed E-state index contributed by atoms with van der Waals surface area (Å²) in [7, 11) is 0. The zero-order chi connectivity index (χ0) is 12.7. The third-order valence-electron chi connectivity index (χ3n) is 2.27. The number of hydrogen-bond acceptors (Lipinski definition) is 2. The maximum Gasteiger partial charge on any atom is 0.312 e. The van der Waals surface area contributed by atoms with Crippen LogP contribution in [-0.4, -0.2) is 23.5 Å². The van der Waals surface area contributed by atoms with Crippen LogP contribution in [0, 0.1) is 12.3 Å². The van der Waals surface area contributed by atoms with E-state index < -0.39 is 11.9 Å². The van der Waals surface area contributed by atoms with Gasteiger partial charge in [-0.05, 0) is 5.56 Å². The summed E-state index contributed by atoms with van der Waals surface area (Å²) in [6.07, 6.45) is 4.94. The second kappa shape index (κ2) is 6.33. The highest BCUT2D eigenvalue weighted by atomic mass is 16.4. The Morgan fingerprint density at radius 3 is 2.53 bits per heavy atom. The molecular formula is C13H13NO3. The standard InChI is InChI=1S/C13H13NO3/c1-2-6-12(15)14-9-11(13(16)17)10-7-4-3-5-8-10/h1,3-5,7-8,11H,6,9H2,(H,14,15)(H,16,17). The number of rotatable bonds is 5. The van der Waals surface area contributed by atoms with E-state index in [1.54, 1.807) is 30.3 Å². The highest BCUT2D eigenvalue weighted by Crippen LogP contribution is 2.14. The lowest BCUT2D eigenvalue weighted by molar-refractivity contribution is -0.138. The van der Waals surface area contributed by atoms with E-state index in [-0.39, 0.29) is 18.9 Å². The molecular weight excluding hydrogens is 218 g/mol. The van der Waals surface area contributed by atoms with Gasteiger partial charge in [-0.1, -0.05) is 36.3 Å². The summed E-state index contributed by atoms with van der Waals surface area (Å²) in [5.41, 5.74) is 0.654. The number of carboxylic acids is 1. The quantitative estimate of drug-likeness (QED) is 0.743. The first-order valence-corrected chi connectivity index (χ1v) is 5.13. The predicted octanol–water partition coefficient (Wildman–Crippen LogP) is 0.994. The van der Waals surface area contributed by atoms with Crippen LogP contribution in [0.5, 0.6) is 0 Å². The monoisotopic (exact) mass is 231 g/mol. The van der Waals surface area contributed by atoms with Gasteiger partial charge in [0.2, 0.25) is 5.91 Å². The van der Waals surface area contributed by atoms with Crippen LogP contribution in [-0.2, 0) is 9.59 Å². The molecule has 17 heavy (non-hydrogen) atoms. The van der Waals surface area contributed by atoms with Gasteiger partial charge in [-0.2, -0.15) is 0 Å². The minimum atomic E-state index is -0.975. The van der Waals surface area contributed by atoms with Crippen molar-refractivity contribution in [2.24, 2.45) is 0 Å². The molecule has 0 radical (unpaired) electrons. The Balaban J connectivity index is 2.66. The maximum atomic E-state index is 11.2. The number of benzene rings is 1. The molecule has 0 aromatic heterocycles. The largest absolute Gasteiger partial charge is 0.481 e. The summed E-state index contributed by atoms with van der Waals surface area (Å²) in [6.45, 7) is 0.0415. The van der Waals surface area contributed by atoms with E-state index in [0.717, 1.165) is 0 Å². The predicted molar refractivity (Wildman–Crippen MR) is 63.3 cm³/mol. The van der Waals surface area contributed by atoms with E-state index in [1.165, 1.54) is 0 Å². The Bertz CT molecular complexity index is 434. The molecule has 0 aliphatic carbocycles. The molecule has 0 saturated carbocycles. The molecule has 0 bridgehead atoms. The van der Waals surface area contributed by atoms with Crippen molar-refractivity contribution in [1.82, 2.24) is 5.32 Å². The molecule has 4 heteroatoms. The zero-order valence-electron chi connectivity index (χ0n) is 9.22. The van der Waals surface area contributed by atoms with Crippen LogP contribution in [0.1, 0.15) is 17.9 Å². The highest BCUT2D eigenvalue weighted by molar-refractivity contribution is 5.81. The van der Waals surface area contributed by atoms with E-state index in [1.807, 2.05) is 0 Å². The molecule has 0 heterocycles. The second-order valence-electron chi connectivity index (χ2n) is 3.49. The summed E-state index contributed by atoms with van der Waals surface area (Å²) in [4.78, 5) is 22.2. The first-order valence-electron chi connectivity index (χ1n) is 5.13. The number of aliphatic carboxylic acids is 1. The third-order valence-corrected chi connectivity index (χ3v) is 2.27. The topological polar surface area (TPSA) is 66.4 Å². The van der Waals surface area contributed by atoms with Crippen molar-refractivity contribution in [2.75, 3.05) is 6.54 Å². The number of carboxylic acid groups (broad SMARTS) is 1. The molecule has 2 N–H and O–H groups in total. The van der Waals surface area contributed by atoms with Gasteiger partial charge in [0.15, 0.2) is 0 Å². The Kier molecular flexibility index (Phi) is 4.77. The summed E-state index contributed by atoms with van der Waals surface area (Å²) in [6, 6.07) is 8.75. The Morgan fingerprint density at radius 1 is 1.35 bits per heavy atom. The lowest BCUT2D eigenvalue weighted by Gasteiger charge is -2.13. The van der Waals surface area contributed by atoms with Gasteiger partial charge in [0.05, 0.1) is 12.3 Å². The van der Waals surface area contributed by atoms with Gasteiger partial charge >= 0.3 is 5.97 Å². The molecule has 1 atom stereocenters. The third kappa shape index (κ3) is 3.99. The molecule has 0 aliphatic heterocycles. The summed E-state index contributed by atoms with van der Waals surface area (Å²) in [5, 5.41) is 11.6. The molecule has 1 aromatic carbocycles. The summed E-state index contributed by atoms with van der Waals surface area (Å²) < 4.78 is 0. The van der Waals surface area contributed by atoms with Crippen molar-refractivity contribution >= 4 is 11.9 Å². The van der Waals surface area contributed by atoms with E-state index in [2.05, 4.69) is 11.2 Å². The van der Waals surface area contributed by atoms with Crippen molar-refractivity contribution in [2.45, 2.75) is 12.3 Å². The van der Waals surface area contributed by atoms with Crippen molar-refractivity contribution in [3.63, 3.8) is 0 Å². The molecule has 88 valence electrons. The van der Waals surface area contributed by atoms with Gasteiger partial charge in [-0.15, -0.1) is 6.42 Å². The fourth-order valence-corrected chi connectivity index (χ4v) is 1.40. The number of carbonyl (C=O) groups is 2. The van der Waals surface area contributed by atoms with Crippen LogP contribution in [0.25, 0.3) is 0 Å². The molecule has 1 unspecified atom stereocenters. The number of nitrogens with one attached hydrogen (secondary N) is 1. The molecule has 0 saturated heterocycles. The summed E-state index contributed by atoms with van der Waals surface area (Å²) >= 11 is 0. The molecule has 1 rings (SSSR count). The van der Waals surface area contributed by atoms with Crippen molar-refractivity contribution in [1.29, 1.82) is 0 Å². The van der Waals surface area contributed by atoms with E-state index in [4.69, 9.17) is 11.5 Å². The smallest absolute Gasteiger partial charge is 0.312 e. The Morgan fingerprint density at radius 2 is 2.00 bits per heavy atom. The minimum absolute atomic E-state index is 0.0405. The first-order chi connectivity index (χ1) is 8.15. The second-order valence-corrected chi connectivity index (χ2v) is 3.49. The fraction of sp³-hybridized carbons (Fsp3) is 0.231. The Labute approximate surface area is 99.7 Å². The highest BCUT2D eigenvalue weighted by Gasteiger charge is 2.19. The SMILES string of the molecule is C#CCC(=O)NCC(C(=O)O)c1ccccc1. The van der Waals surface area contributed by atoms with Gasteiger partial charge in [0.25, 0.3) is 0 Å². The van der Waals surface area contributed by atoms with Crippen LogP contribution in [0.3, 0.4) is 0 Å². The zero-order valence-corrected chi connectivity index (χ0v) is 9.22. The van der Waals surface area contributed by atoms with Gasteiger partial charge in [-0.3, -0.25) is 9.59 Å². The Hall–Kier alpha value is -2.28. The van der Waals surface area contributed by atoms with E-state index >= 15 is 0 Å². The molecule has 4 nitrogen and oxygen atoms in total. The minimum Gasteiger partial charge on any atom is -0.481 e.